The molecule has 0 atom stereocenters. The van der Waals surface area contributed by atoms with Crippen molar-refractivity contribution in [3.05, 3.63) is 47.8 Å². The summed E-state index contributed by atoms with van der Waals surface area (Å²) in [5.41, 5.74) is 5.30. The second-order valence-corrected chi connectivity index (χ2v) is 5.26. The fraction of sp³-hybridized carbons (Fsp3) is 0.375. The fourth-order valence-corrected chi connectivity index (χ4v) is 1.95. The third-order valence-corrected chi connectivity index (χ3v) is 3.17. The molecule has 0 bridgehead atoms. The maximum atomic E-state index is 4.15. The molecule has 18 heavy (non-hydrogen) atoms. The molecule has 1 heterocycles. The average molecular weight is 240 g/mol. The van der Waals surface area contributed by atoms with Crippen LogP contribution in [-0.4, -0.2) is 10.2 Å². The Balaban J connectivity index is 0.000000164. The van der Waals surface area contributed by atoms with Crippen LogP contribution in [0.3, 0.4) is 0 Å². The molecule has 0 saturated heterocycles. The van der Waals surface area contributed by atoms with E-state index in [9.17, 15) is 0 Å². The summed E-state index contributed by atoms with van der Waals surface area (Å²) in [5, 5.41) is 8.05. The van der Waals surface area contributed by atoms with Gasteiger partial charge >= 0.3 is 0 Å². The summed E-state index contributed by atoms with van der Waals surface area (Å²) in [6.45, 7) is 8.66. The van der Waals surface area contributed by atoms with E-state index in [-0.39, 0.29) is 0 Å². The van der Waals surface area contributed by atoms with E-state index in [1.165, 1.54) is 16.7 Å². The molecule has 94 valence electrons. The van der Waals surface area contributed by atoms with Crippen molar-refractivity contribution in [2.24, 2.45) is 0 Å². The molecule has 1 aromatic rings. The highest BCUT2D eigenvalue weighted by Crippen LogP contribution is 2.29. The topological polar surface area (TPSA) is 25.8 Å². The molecule has 0 aliphatic heterocycles. The summed E-state index contributed by atoms with van der Waals surface area (Å²) in [5.74, 6) is 1.01. The molecule has 0 radical (unpaired) electrons. The van der Waals surface area contributed by atoms with E-state index in [4.69, 9.17) is 0 Å². The van der Waals surface area contributed by atoms with Crippen molar-refractivity contribution in [3.8, 4) is 11.1 Å². The van der Waals surface area contributed by atoms with Crippen molar-refractivity contribution >= 4 is 0 Å². The summed E-state index contributed by atoms with van der Waals surface area (Å²) in [4.78, 5) is 0. The monoisotopic (exact) mass is 240 g/mol. The number of hydrogen-bond acceptors (Lipinski definition) is 2. The third kappa shape index (κ3) is 2.58. The summed E-state index contributed by atoms with van der Waals surface area (Å²) in [7, 11) is 0. The van der Waals surface area contributed by atoms with Crippen molar-refractivity contribution < 1.29 is 0 Å². The van der Waals surface area contributed by atoms with E-state index in [2.05, 4.69) is 68.2 Å². The van der Waals surface area contributed by atoms with Gasteiger partial charge in [-0.05, 0) is 34.6 Å². The molecule has 2 heteroatoms. The van der Waals surface area contributed by atoms with Crippen LogP contribution >= 0.6 is 0 Å². The maximum absolute atomic E-state index is 4.15. The van der Waals surface area contributed by atoms with Crippen LogP contribution in [0.1, 0.15) is 50.8 Å². The van der Waals surface area contributed by atoms with Crippen LogP contribution in [0.5, 0.6) is 0 Å². The molecule has 0 aromatic carbocycles. The van der Waals surface area contributed by atoms with E-state index >= 15 is 0 Å². The second-order valence-electron chi connectivity index (χ2n) is 5.26. The predicted octanol–water partition coefficient (Wildman–Crippen LogP) is 4.39. The average Bonchev–Trinajstić information content (AvgIpc) is 2.34. The lowest BCUT2D eigenvalue weighted by Crippen LogP contribution is -2.02. The summed E-state index contributed by atoms with van der Waals surface area (Å²) in [6.07, 6.45) is 1.77. The minimum absolute atomic E-state index is 0.469. The van der Waals surface area contributed by atoms with Crippen LogP contribution in [0, 0.1) is 0 Å². The van der Waals surface area contributed by atoms with E-state index < -0.39 is 0 Å². The van der Waals surface area contributed by atoms with Crippen molar-refractivity contribution in [2.45, 2.75) is 39.5 Å². The van der Waals surface area contributed by atoms with Crippen LogP contribution in [0.25, 0.3) is 11.1 Å². The molecule has 2 aliphatic carbocycles. The lowest BCUT2D eigenvalue weighted by atomic mass is 9.95. The first-order valence-corrected chi connectivity index (χ1v) is 6.51. The summed E-state index contributed by atoms with van der Waals surface area (Å²) < 4.78 is 0. The molecule has 0 amide bonds. The maximum Gasteiger partial charge on any atom is 0.0690 e. The number of hydrogen-bond donors (Lipinski definition) is 0. The second kappa shape index (κ2) is 5.30. The Kier molecular flexibility index (Phi) is 3.75. The van der Waals surface area contributed by atoms with E-state index in [0.717, 1.165) is 5.69 Å². The number of aromatic nitrogens is 2. The largest absolute Gasteiger partial charge is 0.159 e. The molecular formula is C16H20N2. The summed E-state index contributed by atoms with van der Waals surface area (Å²) in [6, 6.07) is 10.5. The third-order valence-electron chi connectivity index (χ3n) is 3.17. The first-order valence-electron chi connectivity index (χ1n) is 6.51. The Hall–Kier alpha value is -1.70. The molecule has 0 fully saturated rings. The molecule has 3 rings (SSSR count). The molecule has 2 aliphatic rings. The van der Waals surface area contributed by atoms with Crippen LogP contribution < -0.4 is 0 Å². The highest BCUT2D eigenvalue weighted by atomic mass is 15.1. The van der Waals surface area contributed by atoms with Gasteiger partial charge in [-0.15, -0.1) is 0 Å². The van der Waals surface area contributed by atoms with Crippen LogP contribution in [0.15, 0.2) is 36.5 Å². The quantitative estimate of drug-likeness (QED) is 0.664. The van der Waals surface area contributed by atoms with Gasteiger partial charge in [0.25, 0.3) is 0 Å². The lowest BCUT2D eigenvalue weighted by molar-refractivity contribution is 0.729. The van der Waals surface area contributed by atoms with Gasteiger partial charge in [-0.3, -0.25) is 0 Å². The molecular weight excluding hydrogens is 220 g/mol. The lowest BCUT2D eigenvalue weighted by Gasteiger charge is -2.12. The standard InChI is InChI=1S/C10H16N2.C6H4/c1-7(2)9-5-6-11-12-10(9)8(3)4;1-2-6-4-3-5(1)6/h5-8H,1-4H3;1-4H. The Bertz CT molecular complexity index is 465. The van der Waals surface area contributed by atoms with Gasteiger partial charge < -0.3 is 0 Å². The van der Waals surface area contributed by atoms with Crippen LogP contribution in [-0.2, 0) is 0 Å². The molecule has 0 saturated carbocycles. The van der Waals surface area contributed by atoms with Gasteiger partial charge in [0, 0.05) is 6.20 Å². The van der Waals surface area contributed by atoms with Gasteiger partial charge in [-0.1, -0.05) is 52.0 Å². The minimum Gasteiger partial charge on any atom is -0.159 e. The first-order chi connectivity index (χ1) is 8.59. The van der Waals surface area contributed by atoms with Crippen molar-refractivity contribution in [1.29, 1.82) is 0 Å². The number of benzene rings is 1. The Morgan fingerprint density at radius 3 is 1.61 bits per heavy atom. The zero-order valence-corrected chi connectivity index (χ0v) is 11.5. The Morgan fingerprint density at radius 2 is 1.33 bits per heavy atom. The molecule has 2 nitrogen and oxygen atoms in total. The van der Waals surface area contributed by atoms with Gasteiger partial charge in [-0.25, -0.2) is 0 Å². The van der Waals surface area contributed by atoms with Gasteiger partial charge in [0.2, 0.25) is 0 Å². The zero-order chi connectivity index (χ0) is 13.1. The van der Waals surface area contributed by atoms with Crippen molar-refractivity contribution in [3.63, 3.8) is 0 Å². The van der Waals surface area contributed by atoms with Crippen LogP contribution in [0.4, 0.5) is 0 Å². The Morgan fingerprint density at radius 1 is 0.778 bits per heavy atom. The number of rotatable bonds is 2. The van der Waals surface area contributed by atoms with Gasteiger partial charge in [0.05, 0.1) is 5.69 Å². The van der Waals surface area contributed by atoms with E-state index in [1.54, 1.807) is 6.20 Å². The molecule has 1 aromatic heterocycles. The molecule has 0 unspecified atom stereocenters. The van der Waals surface area contributed by atoms with E-state index in [0.29, 0.717) is 11.8 Å². The predicted molar refractivity (Wildman–Crippen MR) is 75.6 cm³/mol. The van der Waals surface area contributed by atoms with Gasteiger partial charge in [0.15, 0.2) is 0 Å². The van der Waals surface area contributed by atoms with E-state index in [1.807, 2.05) is 0 Å². The number of nitrogens with zero attached hydrogens (tertiary/aromatic N) is 2. The number of fused-ring (bicyclic) bond motifs is 1. The Labute approximate surface area is 109 Å². The highest BCUT2D eigenvalue weighted by Gasteiger charge is 2.10. The normalized spacial score (nSPS) is 11.2. The summed E-state index contributed by atoms with van der Waals surface area (Å²) >= 11 is 0. The van der Waals surface area contributed by atoms with Gasteiger partial charge in [0.1, 0.15) is 0 Å². The molecule has 0 N–H and O–H groups in total. The highest BCUT2D eigenvalue weighted by molar-refractivity contribution is 5.75. The first kappa shape index (κ1) is 12.7. The van der Waals surface area contributed by atoms with Gasteiger partial charge in [-0.2, -0.15) is 10.2 Å². The minimum atomic E-state index is 0.469. The zero-order valence-electron chi connectivity index (χ0n) is 11.5. The van der Waals surface area contributed by atoms with Crippen LogP contribution in [0.2, 0.25) is 0 Å². The van der Waals surface area contributed by atoms with Crippen molar-refractivity contribution in [1.82, 2.24) is 10.2 Å². The fourth-order valence-electron chi connectivity index (χ4n) is 1.95. The van der Waals surface area contributed by atoms with Crippen molar-refractivity contribution in [2.75, 3.05) is 0 Å². The SMILES string of the molecule is CC(C)c1ccnnc1C(C)C.c1cc2ccc1-2. The smallest absolute Gasteiger partial charge is 0.0690 e. The molecule has 0 spiro atoms.